The number of rotatable bonds is 5. The van der Waals surface area contributed by atoms with Crippen molar-refractivity contribution in [2.45, 2.75) is 25.7 Å². The van der Waals surface area contributed by atoms with Gasteiger partial charge in [-0.2, -0.15) is 0 Å². The van der Waals surface area contributed by atoms with Crippen LogP contribution in [0.4, 0.5) is 0 Å². The molecule has 1 N–H and O–H groups in total. The first-order valence-electron chi connectivity index (χ1n) is 3.53. The van der Waals surface area contributed by atoms with Gasteiger partial charge in [-0.1, -0.05) is 6.08 Å². The zero-order valence-corrected chi connectivity index (χ0v) is 7.75. The Morgan fingerprint density at radius 1 is 1.55 bits per heavy atom. The summed E-state index contributed by atoms with van der Waals surface area (Å²) in [6, 6.07) is 0. The smallest absolute Gasteiger partial charge is 0.180 e. The molecule has 0 amide bonds. The molecule has 0 saturated carbocycles. The molecule has 0 unspecified atom stereocenters. The van der Waals surface area contributed by atoms with Gasteiger partial charge in [0.2, 0.25) is 0 Å². The van der Waals surface area contributed by atoms with Crippen molar-refractivity contribution in [2.75, 3.05) is 7.11 Å². The lowest BCUT2D eigenvalue weighted by atomic mass is 10.2. The van der Waals surface area contributed by atoms with Crippen molar-refractivity contribution in [3.8, 4) is 0 Å². The van der Waals surface area contributed by atoms with Gasteiger partial charge in [0.25, 0.3) is 0 Å². The fourth-order valence-corrected chi connectivity index (χ4v) is 0.676. The zero-order valence-electron chi connectivity index (χ0n) is 6.93. The molecule has 0 aliphatic heterocycles. The van der Waals surface area contributed by atoms with Crippen LogP contribution < -0.4 is 0 Å². The van der Waals surface area contributed by atoms with Crippen molar-refractivity contribution in [3.05, 3.63) is 12.7 Å². The lowest BCUT2D eigenvalue weighted by Gasteiger charge is -1.99. The first-order valence-corrected chi connectivity index (χ1v) is 3.53. The standard InChI is InChI=1S/C8H15NO.ClH/c1-3-4-5-6-7-8(9)10-2;/h3,9H,1,4-7H2,2H3;1H. The first kappa shape index (κ1) is 13.1. The number of nitrogens with one attached hydrogen (secondary N) is 1. The summed E-state index contributed by atoms with van der Waals surface area (Å²) in [4.78, 5) is 0. The molecule has 0 aromatic carbocycles. The maximum absolute atomic E-state index is 7.12. The summed E-state index contributed by atoms with van der Waals surface area (Å²) in [6.07, 6.45) is 5.83. The zero-order chi connectivity index (χ0) is 7.82. The average Bonchev–Trinajstić information content (AvgIpc) is 1.98. The highest BCUT2D eigenvalue weighted by atomic mass is 35.5. The molecule has 0 aliphatic rings. The molecule has 0 aliphatic carbocycles. The van der Waals surface area contributed by atoms with E-state index in [9.17, 15) is 0 Å². The Morgan fingerprint density at radius 3 is 2.64 bits per heavy atom. The molecule has 2 nitrogen and oxygen atoms in total. The van der Waals surface area contributed by atoms with E-state index < -0.39 is 0 Å². The first-order chi connectivity index (χ1) is 4.81. The van der Waals surface area contributed by atoms with Gasteiger partial charge in [0.15, 0.2) is 5.90 Å². The number of halogens is 1. The Morgan fingerprint density at radius 2 is 2.18 bits per heavy atom. The lowest BCUT2D eigenvalue weighted by Crippen LogP contribution is -1.97. The van der Waals surface area contributed by atoms with Crippen LogP contribution in [0.15, 0.2) is 12.7 Å². The van der Waals surface area contributed by atoms with E-state index in [2.05, 4.69) is 11.3 Å². The Hall–Kier alpha value is -0.500. The van der Waals surface area contributed by atoms with E-state index in [4.69, 9.17) is 5.41 Å². The van der Waals surface area contributed by atoms with Crippen molar-refractivity contribution in [1.82, 2.24) is 0 Å². The Labute approximate surface area is 74.6 Å². The van der Waals surface area contributed by atoms with Crippen LogP contribution in [0.5, 0.6) is 0 Å². The van der Waals surface area contributed by atoms with Crippen molar-refractivity contribution in [2.24, 2.45) is 0 Å². The SMILES string of the molecule is C=CCCCCC(=N)OC.Cl. The second-order valence-corrected chi connectivity index (χ2v) is 2.16. The number of ether oxygens (including phenoxy) is 1. The second kappa shape index (κ2) is 9.50. The van der Waals surface area contributed by atoms with E-state index in [-0.39, 0.29) is 12.4 Å². The molecule has 0 bridgehead atoms. The summed E-state index contributed by atoms with van der Waals surface area (Å²) in [5.41, 5.74) is 0. The van der Waals surface area contributed by atoms with Gasteiger partial charge in [-0.3, -0.25) is 5.41 Å². The predicted octanol–water partition coefficient (Wildman–Crippen LogP) is 2.78. The fraction of sp³-hybridized carbons (Fsp3) is 0.625. The van der Waals surface area contributed by atoms with Crippen LogP contribution in [0.25, 0.3) is 0 Å². The van der Waals surface area contributed by atoms with Crippen LogP contribution in [0.3, 0.4) is 0 Å². The molecule has 0 spiro atoms. The average molecular weight is 178 g/mol. The minimum Gasteiger partial charge on any atom is -0.484 e. The van der Waals surface area contributed by atoms with Crippen molar-refractivity contribution >= 4 is 18.3 Å². The van der Waals surface area contributed by atoms with Crippen LogP contribution in [0, 0.1) is 5.41 Å². The molecule has 3 heteroatoms. The normalized spacial score (nSPS) is 8.09. The van der Waals surface area contributed by atoms with E-state index in [0.29, 0.717) is 5.90 Å². The van der Waals surface area contributed by atoms with E-state index in [1.54, 1.807) is 0 Å². The molecule has 0 rings (SSSR count). The van der Waals surface area contributed by atoms with Crippen LogP contribution >= 0.6 is 12.4 Å². The van der Waals surface area contributed by atoms with Crippen molar-refractivity contribution < 1.29 is 4.74 Å². The largest absolute Gasteiger partial charge is 0.484 e. The van der Waals surface area contributed by atoms with Gasteiger partial charge in [-0.15, -0.1) is 19.0 Å². The highest BCUT2D eigenvalue weighted by Gasteiger charge is 1.92. The minimum absolute atomic E-state index is 0. The number of hydrogen-bond acceptors (Lipinski definition) is 2. The van der Waals surface area contributed by atoms with Crippen molar-refractivity contribution in [1.29, 1.82) is 5.41 Å². The molecule has 0 fully saturated rings. The van der Waals surface area contributed by atoms with Crippen LogP contribution in [0.2, 0.25) is 0 Å². The molecular formula is C8H16ClNO. The predicted molar refractivity (Wildman–Crippen MR) is 50.6 cm³/mol. The summed E-state index contributed by atoms with van der Waals surface area (Å²) in [5.74, 6) is 0.379. The quantitative estimate of drug-likeness (QED) is 0.298. The second-order valence-electron chi connectivity index (χ2n) is 2.16. The van der Waals surface area contributed by atoms with Gasteiger partial charge in [0, 0.05) is 6.42 Å². The minimum atomic E-state index is 0. The Kier molecular flexibility index (Phi) is 11.3. The van der Waals surface area contributed by atoms with Gasteiger partial charge in [-0.25, -0.2) is 0 Å². The van der Waals surface area contributed by atoms with Gasteiger partial charge >= 0.3 is 0 Å². The molecule has 66 valence electrons. The van der Waals surface area contributed by atoms with E-state index >= 15 is 0 Å². The van der Waals surface area contributed by atoms with E-state index in [0.717, 1.165) is 25.7 Å². The summed E-state index contributed by atoms with van der Waals surface area (Å²) < 4.78 is 4.69. The Bertz CT molecular complexity index is 115. The molecule has 11 heavy (non-hydrogen) atoms. The fourth-order valence-electron chi connectivity index (χ4n) is 0.676. The topological polar surface area (TPSA) is 33.1 Å². The molecule has 0 aromatic heterocycles. The van der Waals surface area contributed by atoms with Crippen molar-refractivity contribution in [3.63, 3.8) is 0 Å². The van der Waals surface area contributed by atoms with Gasteiger partial charge in [0.1, 0.15) is 0 Å². The highest BCUT2D eigenvalue weighted by molar-refractivity contribution is 5.85. The van der Waals surface area contributed by atoms with E-state index in [1.165, 1.54) is 7.11 Å². The Balaban J connectivity index is 0. The van der Waals surface area contributed by atoms with Crippen LogP contribution in [0.1, 0.15) is 25.7 Å². The van der Waals surface area contributed by atoms with Gasteiger partial charge in [0.05, 0.1) is 7.11 Å². The number of allylic oxidation sites excluding steroid dienone is 1. The highest BCUT2D eigenvalue weighted by Crippen LogP contribution is 2.00. The maximum Gasteiger partial charge on any atom is 0.180 e. The third-order valence-corrected chi connectivity index (χ3v) is 1.31. The maximum atomic E-state index is 7.12. The van der Waals surface area contributed by atoms with Gasteiger partial charge in [-0.05, 0) is 19.3 Å². The van der Waals surface area contributed by atoms with E-state index in [1.807, 2.05) is 6.08 Å². The van der Waals surface area contributed by atoms with Gasteiger partial charge < -0.3 is 4.74 Å². The summed E-state index contributed by atoms with van der Waals surface area (Å²) in [7, 11) is 1.54. The molecule has 0 radical (unpaired) electrons. The third-order valence-electron chi connectivity index (χ3n) is 1.31. The molecule has 0 saturated heterocycles. The summed E-state index contributed by atoms with van der Waals surface area (Å²) >= 11 is 0. The van der Waals surface area contributed by atoms with Crippen LogP contribution in [-0.4, -0.2) is 13.0 Å². The number of methoxy groups -OCH3 is 1. The summed E-state index contributed by atoms with van der Waals surface area (Å²) in [6.45, 7) is 3.61. The third kappa shape index (κ3) is 9.50. The van der Waals surface area contributed by atoms with Crippen LogP contribution in [-0.2, 0) is 4.74 Å². The molecular weight excluding hydrogens is 162 g/mol. The monoisotopic (exact) mass is 177 g/mol. The molecule has 0 aromatic rings. The molecule has 0 atom stereocenters. The summed E-state index contributed by atoms with van der Waals surface area (Å²) in [5, 5.41) is 7.12. The number of unbranched alkanes of at least 4 members (excludes halogenated alkanes) is 2. The number of hydrogen-bond donors (Lipinski definition) is 1. The lowest BCUT2D eigenvalue weighted by molar-refractivity contribution is 0.383. The molecule has 0 heterocycles.